The van der Waals surface area contributed by atoms with Gasteiger partial charge >= 0.3 is 0 Å². The number of aromatic hydroxyl groups is 1. The summed E-state index contributed by atoms with van der Waals surface area (Å²) in [4.78, 5) is 14.0. The number of aliphatic imine (C=N–C) groups is 1. The van der Waals surface area contributed by atoms with Crippen molar-refractivity contribution in [1.29, 1.82) is 0 Å². The number of nitrogens with one attached hydrogen (secondary N) is 1. The number of para-hydroxylation sites is 2. The fourth-order valence-electron chi connectivity index (χ4n) is 4.02. The molecule has 1 aromatic rings. The van der Waals surface area contributed by atoms with Gasteiger partial charge in [0.2, 0.25) is 0 Å². The molecule has 2 N–H and O–H groups in total. The molecule has 3 rings (SSSR count). The van der Waals surface area contributed by atoms with Crippen LogP contribution in [0.3, 0.4) is 0 Å². The van der Waals surface area contributed by atoms with Gasteiger partial charge in [-0.25, -0.2) is 0 Å². The van der Waals surface area contributed by atoms with Crippen molar-refractivity contribution < 1.29 is 5.11 Å². The van der Waals surface area contributed by atoms with E-state index in [4.69, 9.17) is 0 Å². The van der Waals surface area contributed by atoms with Crippen molar-refractivity contribution in [3.8, 4) is 5.75 Å². The number of piperazine rings is 2. The van der Waals surface area contributed by atoms with Crippen molar-refractivity contribution in [2.24, 2.45) is 10.9 Å². The molecule has 1 unspecified atom stereocenters. The minimum Gasteiger partial charge on any atom is -0.506 e. The number of anilines is 1. The van der Waals surface area contributed by atoms with Gasteiger partial charge < -0.3 is 30.0 Å². The van der Waals surface area contributed by atoms with Gasteiger partial charge in [-0.1, -0.05) is 19.1 Å². The van der Waals surface area contributed by atoms with Crippen molar-refractivity contribution in [1.82, 2.24) is 20.0 Å². The van der Waals surface area contributed by atoms with Crippen LogP contribution < -0.4 is 10.2 Å². The molecule has 2 heterocycles. The molecule has 0 spiro atoms. The quantitative estimate of drug-likeness (QED) is 0.353. The van der Waals surface area contributed by atoms with E-state index in [0.29, 0.717) is 11.7 Å². The number of rotatable bonds is 5. The minimum absolute atomic E-state index is 0. The second-order valence-corrected chi connectivity index (χ2v) is 8.10. The van der Waals surface area contributed by atoms with Crippen LogP contribution in [0.2, 0.25) is 0 Å². The largest absolute Gasteiger partial charge is 0.506 e. The topological polar surface area (TPSA) is 57.6 Å². The molecule has 0 aliphatic carbocycles. The molecule has 8 heteroatoms. The lowest BCUT2D eigenvalue weighted by Crippen LogP contribution is -2.53. The highest BCUT2D eigenvalue weighted by atomic mass is 127. The first-order chi connectivity index (χ1) is 13.6. The summed E-state index contributed by atoms with van der Waals surface area (Å²) in [6.45, 7) is 12.7. The molecule has 7 nitrogen and oxygen atoms in total. The van der Waals surface area contributed by atoms with E-state index in [1.165, 1.54) is 26.2 Å². The van der Waals surface area contributed by atoms with Crippen molar-refractivity contribution >= 4 is 35.6 Å². The van der Waals surface area contributed by atoms with Gasteiger partial charge in [-0.15, -0.1) is 24.0 Å². The van der Waals surface area contributed by atoms with Crippen LogP contribution in [-0.2, 0) is 0 Å². The molecule has 1 atom stereocenters. The number of likely N-dealkylation sites (N-methyl/N-ethyl adjacent to an activating group) is 1. The molecule has 2 aliphatic heterocycles. The van der Waals surface area contributed by atoms with Gasteiger partial charge in [0.1, 0.15) is 5.75 Å². The molecule has 0 aromatic heterocycles. The Balaban J connectivity index is 0.00000300. The van der Waals surface area contributed by atoms with Gasteiger partial charge in [-0.2, -0.15) is 0 Å². The molecule has 0 amide bonds. The maximum atomic E-state index is 10.1. The monoisotopic (exact) mass is 516 g/mol. The van der Waals surface area contributed by atoms with Gasteiger partial charge in [-0.3, -0.25) is 4.99 Å². The minimum atomic E-state index is 0. The third kappa shape index (κ3) is 6.89. The Morgan fingerprint density at radius 3 is 2.34 bits per heavy atom. The molecule has 0 radical (unpaired) electrons. The van der Waals surface area contributed by atoms with Crippen LogP contribution in [0.4, 0.5) is 5.69 Å². The zero-order valence-corrected chi connectivity index (χ0v) is 20.4. The predicted octanol–water partition coefficient (Wildman–Crippen LogP) is 1.59. The average molecular weight is 516 g/mol. The number of nitrogens with zero attached hydrogens (tertiary/aromatic N) is 5. The average Bonchev–Trinajstić information content (AvgIpc) is 2.71. The van der Waals surface area contributed by atoms with Crippen LogP contribution in [-0.4, -0.2) is 105 Å². The fraction of sp³-hybridized carbons (Fsp3) is 0.667. The first kappa shape index (κ1) is 24.0. The third-order valence-electron chi connectivity index (χ3n) is 5.79. The molecule has 29 heavy (non-hydrogen) atoms. The van der Waals surface area contributed by atoms with Gasteiger partial charge in [0.05, 0.1) is 5.69 Å². The Bertz CT molecular complexity index is 642. The number of halogens is 1. The van der Waals surface area contributed by atoms with E-state index in [9.17, 15) is 5.11 Å². The highest BCUT2D eigenvalue weighted by Gasteiger charge is 2.22. The lowest BCUT2D eigenvalue weighted by atomic mass is 10.1. The standard InChI is InChI=1S/C21H36N6O.HI/c1-18(17-25-10-8-24(3)9-11-25)16-23-21(22-2)27-14-12-26(13-15-27)19-6-4-5-7-20(19)28;/h4-7,18,28H,8-17H2,1-3H3,(H,22,23);1H. The summed E-state index contributed by atoms with van der Waals surface area (Å²) in [6, 6.07) is 7.58. The van der Waals surface area contributed by atoms with Gasteiger partial charge in [0, 0.05) is 72.5 Å². The molecule has 2 saturated heterocycles. The summed E-state index contributed by atoms with van der Waals surface area (Å²) in [7, 11) is 4.06. The Morgan fingerprint density at radius 1 is 1.07 bits per heavy atom. The van der Waals surface area contributed by atoms with Crippen LogP contribution in [0, 0.1) is 5.92 Å². The van der Waals surface area contributed by atoms with E-state index in [2.05, 4.69) is 43.9 Å². The molecule has 0 saturated carbocycles. The Kier molecular flexibility index (Phi) is 9.78. The Hall–Kier alpha value is -1.26. The number of guanidine groups is 1. The second-order valence-electron chi connectivity index (χ2n) is 8.10. The van der Waals surface area contributed by atoms with Gasteiger partial charge in [0.25, 0.3) is 0 Å². The van der Waals surface area contributed by atoms with E-state index in [1.54, 1.807) is 6.07 Å². The first-order valence-electron chi connectivity index (χ1n) is 10.5. The van der Waals surface area contributed by atoms with Crippen LogP contribution in [0.1, 0.15) is 6.92 Å². The number of benzene rings is 1. The van der Waals surface area contributed by atoms with Crippen molar-refractivity contribution in [2.45, 2.75) is 6.92 Å². The molecule has 0 bridgehead atoms. The van der Waals surface area contributed by atoms with Crippen molar-refractivity contribution in [2.75, 3.05) is 84.4 Å². The third-order valence-corrected chi connectivity index (χ3v) is 5.79. The van der Waals surface area contributed by atoms with Crippen molar-refractivity contribution in [3.63, 3.8) is 0 Å². The van der Waals surface area contributed by atoms with E-state index in [-0.39, 0.29) is 24.0 Å². The fourth-order valence-corrected chi connectivity index (χ4v) is 4.02. The normalized spacial score (nSPS) is 20.3. The number of hydrogen-bond acceptors (Lipinski definition) is 5. The number of phenolic OH excluding ortho intramolecular Hbond substituents is 1. The summed E-state index contributed by atoms with van der Waals surface area (Å²) < 4.78 is 0. The Morgan fingerprint density at radius 2 is 1.72 bits per heavy atom. The van der Waals surface area contributed by atoms with E-state index < -0.39 is 0 Å². The highest BCUT2D eigenvalue weighted by molar-refractivity contribution is 14.0. The zero-order chi connectivity index (χ0) is 19.9. The molecular weight excluding hydrogens is 479 g/mol. The zero-order valence-electron chi connectivity index (χ0n) is 18.0. The number of phenols is 1. The summed E-state index contributed by atoms with van der Waals surface area (Å²) >= 11 is 0. The maximum absolute atomic E-state index is 10.1. The second kappa shape index (κ2) is 11.8. The van der Waals surface area contributed by atoms with E-state index in [0.717, 1.165) is 50.9 Å². The van der Waals surface area contributed by atoms with E-state index >= 15 is 0 Å². The maximum Gasteiger partial charge on any atom is 0.193 e. The molecular formula is C21H37IN6O. The molecule has 164 valence electrons. The van der Waals surface area contributed by atoms with Crippen LogP contribution in [0.5, 0.6) is 5.75 Å². The molecule has 1 aromatic carbocycles. The first-order valence-corrected chi connectivity index (χ1v) is 10.5. The summed E-state index contributed by atoms with van der Waals surface area (Å²) in [6.07, 6.45) is 0. The van der Waals surface area contributed by atoms with E-state index in [1.807, 2.05) is 25.2 Å². The summed E-state index contributed by atoms with van der Waals surface area (Å²) in [5, 5.41) is 13.7. The van der Waals surface area contributed by atoms with Crippen molar-refractivity contribution in [3.05, 3.63) is 24.3 Å². The predicted molar refractivity (Wildman–Crippen MR) is 132 cm³/mol. The van der Waals surface area contributed by atoms with Crippen LogP contribution in [0.15, 0.2) is 29.3 Å². The van der Waals surface area contributed by atoms with Crippen LogP contribution in [0.25, 0.3) is 0 Å². The molecule has 2 aliphatic rings. The number of hydrogen-bond donors (Lipinski definition) is 2. The lowest BCUT2D eigenvalue weighted by Gasteiger charge is -2.38. The summed E-state index contributed by atoms with van der Waals surface area (Å²) in [5.41, 5.74) is 0.922. The lowest BCUT2D eigenvalue weighted by molar-refractivity contribution is 0.139. The smallest absolute Gasteiger partial charge is 0.193 e. The molecule has 2 fully saturated rings. The SMILES string of the molecule is CN=C(NCC(C)CN1CCN(C)CC1)N1CCN(c2ccccc2O)CC1.I. The summed E-state index contributed by atoms with van der Waals surface area (Å²) in [5.74, 6) is 1.93. The highest BCUT2D eigenvalue weighted by Crippen LogP contribution is 2.27. The van der Waals surface area contributed by atoms with Crippen LogP contribution >= 0.6 is 24.0 Å². The Labute approximate surface area is 192 Å². The van der Waals surface area contributed by atoms with Gasteiger partial charge in [-0.05, 0) is 25.1 Å². The van der Waals surface area contributed by atoms with Gasteiger partial charge in [0.15, 0.2) is 5.96 Å².